The summed E-state index contributed by atoms with van der Waals surface area (Å²) in [6.45, 7) is 12.5. The summed E-state index contributed by atoms with van der Waals surface area (Å²) in [6.07, 6.45) is 15.5. The number of aliphatic hydroxyl groups is 1. The summed E-state index contributed by atoms with van der Waals surface area (Å²) in [4.78, 5) is 0. The van der Waals surface area contributed by atoms with Crippen LogP contribution in [-0.4, -0.2) is 22.6 Å². The van der Waals surface area contributed by atoms with Crippen LogP contribution in [0.2, 0.25) is 0 Å². The number of aliphatic hydroxyl groups excluding tert-OH is 1. The molecule has 3 aliphatic rings. The standard InChI is InChI=1S/C25H34FO.H2NO.Pm/c1-5-6-8-17(2)22-12-13-23-19(9-7-14-25(22,23)4)10-11-20-15-21(27)16-24(26)18(20)3;1-2;/h5-6,10-12,17,21,23-24,27H,1,3,7-9,13-16H2,2,4H3;1-2H;/q2*-1;/b6-5+,19-10+,20-11-;;. The fraction of sp³-hybridized carbons (Fsp3) is 0.560. The predicted octanol–water partition coefficient (Wildman–Crippen LogP) is 6.87. The van der Waals surface area contributed by atoms with Gasteiger partial charge in [0.15, 0.2) is 0 Å². The molecule has 0 saturated heterocycles. The van der Waals surface area contributed by atoms with Crippen LogP contribution in [0.1, 0.15) is 58.8 Å². The molecule has 0 aromatic carbocycles. The van der Waals surface area contributed by atoms with E-state index in [1.807, 2.05) is 12.2 Å². The zero-order chi connectivity index (χ0) is 21.6. The molecular formula is C25H36FNO2Pm-2. The average molecular weight is 547 g/mol. The Labute approximate surface area is 214 Å². The fourth-order valence-electron chi connectivity index (χ4n) is 5.48. The summed E-state index contributed by atoms with van der Waals surface area (Å²) in [7, 11) is 0. The summed E-state index contributed by atoms with van der Waals surface area (Å²) in [6, 6.07) is 0. The zero-order valence-corrected chi connectivity index (χ0v) is 21.1. The van der Waals surface area contributed by atoms with E-state index < -0.39 is 12.3 Å². The molecule has 0 aliphatic heterocycles. The summed E-state index contributed by atoms with van der Waals surface area (Å²) < 4.78 is 14.0. The average Bonchev–Trinajstić information content (AvgIpc) is 3.07. The van der Waals surface area contributed by atoms with Crippen molar-refractivity contribution in [2.45, 2.75) is 71.1 Å². The van der Waals surface area contributed by atoms with E-state index in [1.54, 1.807) is 5.57 Å². The van der Waals surface area contributed by atoms with Crippen molar-refractivity contribution < 1.29 is 55.1 Å². The second-order valence-electron chi connectivity index (χ2n) is 8.85. The van der Waals surface area contributed by atoms with Crippen LogP contribution in [-0.2, 0) is 0 Å². The van der Waals surface area contributed by atoms with Crippen LogP contribution >= 0.6 is 0 Å². The van der Waals surface area contributed by atoms with Gasteiger partial charge in [0.25, 0.3) is 0 Å². The molecule has 0 heterocycles. The molecular weight excluding hydrogens is 510 g/mol. The number of fused-ring (bicyclic) bond motifs is 1. The van der Waals surface area contributed by atoms with Crippen LogP contribution in [0.15, 0.2) is 59.3 Å². The van der Waals surface area contributed by atoms with E-state index in [0.29, 0.717) is 23.8 Å². The van der Waals surface area contributed by atoms with Crippen molar-refractivity contribution >= 4 is 0 Å². The Kier molecular flexibility index (Phi) is 11.7. The van der Waals surface area contributed by atoms with Crippen molar-refractivity contribution in [3.8, 4) is 0 Å². The van der Waals surface area contributed by atoms with Gasteiger partial charge in [-0.05, 0) is 60.5 Å². The molecule has 3 nitrogen and oxygen atoms in total. The van der Waals surface area contributed by atoms with Gasteiger partial charge in [-0.2, -0.15) is 0 Å². The Hall–Kier alpha value is -0.282. The first-order chi connectivity index (χ1) is 13.9. The minimum atomic E-state index is -1.11. The molecule has 0 aromatic heterocycles. The number of hydrogen-bond acceptors (Lipinski definition) is 2. The third-order valence-corrected chi connectivity index (χ3v) is 7.02. The Morgan fingerprint density at radius 3 is 2.77 bits per heavy atom. The Morgan fingerprint density at radius 1 is 1.40 bits per heavy atom. The first kappa shape index (κ1) is 27.8. The molecule has 5 unspecified atom stereocenters. The normalized spacial score (nSPS) is 34.8. The molecule has 0 amide bonds. The summed E-state index contributed by atoms with van der Waals surface area (Å²) in [5, 5.41) is 16.2. The maximum absolute atomic E-state index is 14.0. The monoisotopic (exact) mass is 546 g/mol. The topological polar surface area (TPSA) is 64.3 Å². The molecule has 0 spiro atoms. The van der Waals surface area contributed by atoms with Crippen molar-refractivity contribution in [1.29, 1.82) is 0 Å². The third-order valence-electron chi connectivity index (χ3n) is 7.02. The van der Waals surface area contributed by atoms with Crippen molar-refractivity contribution in [3.05, 3.63) is 72.1 Å². The molecule has 2 saturated carbocycles. The van der Waals surface area contributed by atoms with Crippen LogP contribution < -0.4 is 0 Å². The van der Waals surface area contributed by atoms with Crippen LogP contribution in [0.4, 0.5) is 4.39 Å². The summed E-state index contributed by atoms with van der Waals surface area (Å²) in [5.74, 6) is 5.85. The Morgan fingerprint density at radius 2 is 2.10 bits per heavy atom. The van der Waals surface area contributed by atoms with E-state index in [0.717, 1.165) is 24.8 Å². The maximum Gasteiger partial charge on any atom is 0.127 e. The first-order valence-electron chi connectivity index (χ1n) is 10.6. The molecule has 30 heavy (non-hydrogen) atoms. The number of rotatable bonds is 4. The summed E-state index contributed by atoms with van der Waals surface area (Å²) in [5.41, 5.74) is 4.74. The molecule has 167 valence electrons. The minimum absolute atomic E-state index is 0. The smallest absolute Gasteiger partial charge is 0.127 e. The van der Waals surface area contributed by atoms with E-state index in [2.05, 4.69) is 45.6 Å². The second-order valence-corrected chi connectivity index (χ2v) is 8.85. The summed E-state index contributed by atoms with van der Waals surface area (Å²) >= 11 is 0. The van der Waals surface area contributed by atoms with E-state index >= 15 is 0 Å². The van der Waals surface area contributed by atoms with E-state index in [-0.39, 0.29) is 52.2 Å². The molecule has 3 aliphatic carbocycles. The number of nitrogens with one attached hydrogen (secondary N) is 1. The van der Waals surface area contributed by atoms with Gasteiger partial charge in [-0.1, -0.05) is 56.2 Å². The van der Waals surface area contributed by atoms with Gasteiger partial charge in [-0.3, -0.25) is 0 Å². The predicted molar refractivity (Wildman–Crippen MR) is 118 cm³/mol. The Balaban J connectivity index is 0.00000146. The molecule has 2 fully saturated rings. The van der Waals surface area contributed by atoms with Gasteiger partial charge < -0.3 is 16.2 Å². The SMILES string of the molecule is C=C1/C(=C\C=C2/CCCC3(C)C(C(C)C/C=C/[CH2-])=CCC23)CC(O)CC1F.[NH-]O.[Pm]. The van der Waals surface area contributed by atoms with Crippen LogP contribution in [0.25, 0.3) is 5.90 Å². The zero-order valence-electron chi connectivity index (χ0n) is 18.3. The number of hydrogen-bond donors (Lipinski definition) is 2. The van der Waals surface area contributed by atoms with E-state index in [1.165, 1.54) is 18.4 Å². The third kappa shape index (κ3) is 6.15. The molecule has 0 bridgehead atoms. The van der Waals surface area contributed by atoms with Crippen LogP contribution in [0.3, 0.4) is 0 Å². The molecule has 5 heteroatoms. The quantitative estimate of drug-likeness (QED) is 0.230. The van der Waals surface area contributed by atoms with Gasteiger partial charge in [0.2, 0.25) is 0 Å². The molecule has 0 aromatic rings. The molecule has 5 atom stereocenters. The van der Waals surface area contributed by atoms with Gasteiger partial charge in [0.05, 0.1) is 6.10 Å². The van der Waals surface area contributed by atoms with Crippen LogP contribution in [0.5, 0.6) is 0 Å². The van der Waals surface area contributed by atoms with Gasteiger partial charge in [-0.15, -0.1) is 0 Å². The number of allylic oxidation sites excluding steroid dienone is 8. The largest absolute Gasteiger partial charge is 0.553 e. The van der Waals surface area contributed by atoms with Crippen molar-refractivity contribution in [2.24, 2.45) is 17.3 Å². The molecule has 3 N–H and O–H groups in total. The molecule has 1 radical (unpaired) electrons. The Bertz CT molecular complexity index is 712. The van der Waals surface area contributed by atoms with Crippen molar-refractivity contribution in [1.82, 2.24) is 0 Å². The van der Waals surface area contributed by atoms with Crippen LogP contribution in [0, 0.1) is 64.6 Å². The minimum Gasteiger partial charge on any atom is -0.553 e. The van der Waals surface area contributed by atoms with Gasteiger partial charge >= 0.3 is 0 Å². The van der Waals surface area contributed by atoms with Crippen molar-refractivity contribution in [3.63, 3.8) is 0 Å². The van der Waals surface area contributed by atoms with Gasteiger partial charge in [-0.25, -0.2) is 23.5 Å². The van der Waals surface area contributed by atoms with E-state index in [4.69, 9.17) is 11.1 Å². The fourth-order valence-corrected chi connectivity index (χ4v) is 5.48. The molecule has 3 rings (SSSR count). The number of alkyl halides is 1. The second kappa shape index (κ2) is 12.7. The maximum atomic E-state index is 14.0. The first-order valence-corrected chi connectivity index (χ1v) is 10.6. The van der Waals surface area contributed by atoms with Crippen molar-refractivity contribution in [2.75, 3.05) is 0 Å². The van der Waals surface area contributed by atoms with Gasteiger partial charge in [0.1, 0.15) is 6.17 Å². The number of halogens is 1. The van der Waals surface area contributed by atoms with E-state index in [9.17, 15) is 9.50 Å². The van der Waals surface area contributed by atoms with Gasteiger partial charge in [0, 0.05) is 46.8 Å².